The van der Waals surface area contributed by atoms with Crippen LogP contribution < -0.4 is 10.6 Å². The quantitative estimate of drug-likeness (QED) is 0.519. The molecule has 184 valence electrons. The first-order chi connectivity index (χ1) is 16.4. The van der Waals surface area contributed by atoms with E-state index < -0.39 is 11.6 Å². The minimum atomic E-state index is -0.629. The maximum Gasteiger partial charge on any atom is 0.319 e. The first kappa shape index (κ1) is 25.6. The lowest BCUT2D eigenvalue weighted by Gasteiger charge is -2.34. The molecule has 0 spiro atoms. The van der Waals surface area contributed by atoms with Crippen LogP contribution in [0.25, 0.3) is 11.1 Å². The molecule has 0 bridgehead atoms. The zero-order chi connectivity index (χ0) is 24.5. The van der Waals surface area contributed by atoms with Gasteiger partial charge in [-0.05, 0) is 76.0 Å². The van der Waals surface area contributed by atoms with Crippen molar-refractivity contribution in [3.8, 4) is 11.1 Å². The highest BCUT2D eigenvalue weighted by molar-refractivity contribution is 5.89. The monoisotopic (exact) mass is 472 g/mol. The van der Waals surface area contributed by atoms with Gasteiger partial charge in [0.05, 0.1) is 5.92 Å². The maximum absolute atomic E-state index is 13.9. The molecule has 2 N–H and O–H groups in total. The summed E-state index contributed by atoms with van der Waals surface area (Å²) >= 11 is 0. The highest BCUT2D eigenvalue weighted by atomic mass is 19.1. The predicted octanol–water partition coefficient (Wildman–Crippen LogP) is 4.72. The average Bonchev–Trinajstić information content (AvgIpc) is 2.83. The molecule has 8 heteroatoms. The van der Waals surface area contributed by atoms with Gasteiger partial charge in [0.2, 0.25) is 5.91 Å². The largest absolute Gasteiger partial charge is 0.343 e. The van der Waals surface area contributed by atoms with Crippen molar-refractivity contribution in [1.82, 2.24) is 15.1 Å². The zero-order valence-electron chi connectivity index (χ0n) is 19.9. The maximum atomic E-state index is 13.9. The highest BCUT2D eigenvalue weighted by Crippen LogP contribution is 2.25. The van der Waals surface area contributed by atoms with Gasteiger partial charge >= 0.3 is 6.03 Å². The number of likely N-dealkylation sites (tertiary alicyclic amines) is 1. The van der Waals surface area contributed by atoms with Crippen molar-refractivity contribution < 1.29 is 18.4 Å². The van der Waals surface area contributed by atoms with E-state index in [2.05, 4.69) is 15.5 Å². The fraction of sp³-hybridized carbons (Fsp3) is 0.462. The Hall–Kier alpha value is -3.00. The van der Waals surface area contributed by atoms with E-state index in [-0.39, 0.29) is 17.9 Å². The van der Waals surface area contributed by atoms with Gasteiger partial charge in [-0.25, -0.2) is 13.6 Å². The number of halogens is 2. The summed E-state index contributed by atoms with van der Waals surface area (Å²) in [6.07, 6.45) is 2.75. The second-order valence-electron chi connectivity index (χ2n) is 8.59. The number of carbonyl (C=O) groups excluding carboxylic acids is 2. The molecule has 3 amide bonds. The number of anilines is 1. The summed E-state index contributed by atoms with van der Waals surface area (Å²) in [6.45, 7) is 8.64. The number of carbonyl (C=O) groups is 2. The fourth-order valence-corrected chi connectivity index (χ4v) is 4.39. The van der Waals surface area contributed by atoms with Crippen molar-refractivity contribution in [3.63, 3.8) is 0 Å². The number of rotatable bonds is 9. The number of piperidine rings is 1. The molecule has 1 saturated heterocycles. The van der Waals surface area contributed by atoms with Crippen LogP contribution >= 0.6 is 0 Å². The Bertz CT molecular complexity index is 964. The van der Waals surface area contributed by atoms with Gasteiger partial charge in [-0.15, -0.1) is 0 Å². The molecule has 1 atom stereocenters. The van der Waals surface area contributed by atoms with Crippen molar-refractivity contribution in [2.24, 2.45) is 5.92 Å². The summed E-state index contributed by atoms with van der Waals surface area (Å²) in [5.74, 6) is -0.933. The number of benzene rings is 2. The summed E-state index contributed by atoms with van der Waals surface area (Å²) in [5, 5.41) is 5.61. The predicted molar refractivity (Wildman–Crippen MR) is 131 cm³/mol. The molecule has 1 heterocycles. The van der Waals surface area contributed by atoms with Gasteiger partial charge in [0.1, 0.15) is 11.6 Å². The first-order valence-corrected chi connectivity index (χ1v) is 12.0. The Morgan fingerprint density at radius 1 is 1.09 bits per heavy atom. The van der Waals surface area contributed by atoms with E-state index in [9.17, 15) is 18.4 Å². The van der Waals surface area contributed by atoms with Crippen LogP contribution in [0.2, 0.25) is 0 Å². The summed E-state index contributed by atoms with van der Waals surface area (Å²) in [4.78, 5) is 29.0. The molecule has 3 rings (SSSR count). The fourth-order valence-electron chi connectivity index (χ4n) is 4.39. The summed E-state index contributed by atoms with van der Waals surface area (Å²) in [5.41, 5.74) is 1.48. The van der Waals surface area contributed by atoms with Gasteiger partial charge in [-0.3, -0.25) is 4.79 Å². The molecule has 2 aromatic rings. The topological polar surface area (TPSA) is 64.7 Å². The van der Waals surface area contributed by atoms with Gasteiger partial charge in [0, 0.05) is 43.5 Å². The third kappa shape index (κ3) is 7.00. The van der Waals surface area contributed by atoms with Crippen LogP contribution in [-0.4, -0.2) is 61.0 Å². The molecule has 1 fully saturated rings. The number of hydrogen-bond acceptors (Lipinski definition) is 3. The lowest BCUT2D eigenvalue weighted by atomic mass is 9.96. The lowest BCUT2D eigenvalue weighted by molar-refractivity contribution is -0.136. The van der Waals surface area contributed by atoms with Crippen LogP contribution in [0, 0.1) is 17.6 Å². The Labute approximate surface area is 200 Å². The molecule has 0 saturated carbocycles. The molecule has 0 aliphatic carbocycles. The Morgan fingerprint density at radius 2 is 1.82 bits per heavy atom. The number of hydrogen-bond donors (Lipinski definition) is 2. The van der Waals surface area contributed by atoms with Crippen molar-refractivity contribution in [2.45, 2.75) is 33.1 Å². The third-order valence-electron chi connectivity index (χ3n) is 6.25. The number of urea groups is 1. The molecule has 1 aliphatic heterocycles. The van der Waals surface area contributed by atoms with Crippen molar-refractivity contribution >= 4 is 17.6 Å². The summed E-state index contributed by atoms with van der Waals surface area (Å²) in [6, 6.07) is 9.86. The Morgan fingerprint density at radius 3 is 2.50 bits per heavy atom. The molecule has 1 aliphatic rings. The van der Waals surface area contributed by atoms with Crippen LogP contribution in [0.15, 0.2) is 42.5 Å². The second kappa shape index (κ2) is 12.5. The smallest absolute Gasteiger partial charge is 0.319 e. The number of amides is 3. The zero-order valence-corrected chi connectivity index (χ0v) is 19.9. The molecular formula is C26H34F2N4O2. The SMILES string of the molecule is CCN(CC)C(=O)C1CCCN(CCCNC(=O)Nc2ccc(-c3ccc(F)cc3F)cc2)C1. The number of nitrogens with one attached hydrogen (secondary N) is 2. The average molecular weight is 473 g/mol. The minimum absolute atomic E-state index is 0.0660. The van der Waals surface area contributed by atoms with Crippen LogP contribution in [0.3, 0.4) is 0 Å². The van der Waals surface area contributed by atoms with E-state index in [4.69, 9.17) is 0 Å². The molecule has 6 nitrogen and oxygen atoms in total. The van der Waals surface area contributed by atoms with Crippen LogP contribution in [0.1, 0.15) is 33.1 Å². The molecule has 1 unspecified atom stereocenters. The Balaban J connectivity index is 1.39. The van der Waals surface area contributed by atoms with Crippen molar-refractivity contribution in [1.29, 1.82) is 0 Å². The highest BCUT2D eigenvalue weighted by Gasteiger charge is 2.27. The standard InChI is InChI=1S/C26H34F2N4O2/c1-3-32(4-2)25(33)20-7-5-15-31(18-20)16-6-14-29-26(34)30-22-11-8-19(9-12-22)23-13-10-21(27)17-24(23)28/h8-13,17,20H,3-7,14-16,18H2,1-2H3,(H2,29,30,34). The minimum Gasteiger partial charge on any atom is -0.343 e. The van der Waals surface area contributed by atoms with E-state index in [1.165, 1.54) is 12.1 Å². The van der Waals surface area contributed by atoms with Crippen LogP contribution in [-0.2, 0) is 4.79 Å². The molecule has 0 radical (unpaired) electrons. The van der Waals surface area contributed by atoms with Crippen LogP contribution in [0.4, 0.5) is 19.3 Å². The molecule has 0 aromatic heterocycles. The normalized spacial score (nSPS) is 16.2. The van der Waals surface area contributed by atoms with Gasteiger partial charge in [0.15, 0.2) is 0 Å². The van der Waals surface area contributed by atoms with Crippen molar-refractivity contribution in [3.05, 3.63) is 54.1 Å². The van der Waals surface area contributed by atoms with E-state index in [0.717, 1.165) is 58.1 Å². The van der Waals surface area contributed by atoms with Gasteiger partial charge < -0.3 is 20.4 Å². The van der Waals surface area contributed by atoms with Crippen molar-refractivity contribution in [2.75, 3.05) is 44.6 Å². The van der Waals surface area contributed by atoms with Crippen LogP contribution in [0.5, 0.6) is 0 Å². The van der Waals surface area contributed by atoms with Gasteiger partial charge in [-0.1, -0.05) is 12.1 Å². The number of nitrogens with zero attached hydrogens (tertiary/aromatic N) is 2. The summed E-state index contributed by atoms with van der Waals surface area (Å²) < 4.78 is 27.0. The van der Waals surface area contributed by atoms with E-state index in [0.29, 0.717) is 23.4 Å². The third-order valence-corrected chi connectivity index (χ3v) is 6.25. The molecular weight excluding hydrogens is 438 g/mol. The van der Waals surface area contributed by atoms with E-state index >= 15 is 0 Å². The van der Waals surface area contributed by atoms with E-state index in [1.54, 1.807) is 24.3 Å². The lowest BCUT2D eigenvalue weighted by Crippen LogP contribution is -2.45. The second-order valence-corrected chi connectivity index (χ2v) is 8.59. The van der Waals surface area contributed by atoms with Gasteiger partial charge in [-0.2, -0.15) is 0 Å². The Kier molecular flexibility index (Phi) is 9.39. The molecule has 2 aromatic carbocycles. The van der Waals surface area contributed by atoms with Gasteiger partial charge in [0.25, 0.3) is 0 Å². The first-order valence-electron chi connectivity index (χ1n) is 12.0. The summed E-state index contributed by atoms with van der Waals surface area (Å²) in [7, 11) is 0. The molecule has 34 heavy (non-hydrogen) atoms. The van der Waals surface area contributed by atoms with E-state index in [1.807, 2.05) is 18.7 Å².